The molecule has 0 spiro atoms. The Kier molecular flexibility index (Phi) is 8.00. The number of hydrogen-bond acceptors (Lipinski definition) is 7. The number of carbonyl (C=O) groups excluding carboxylic acids is 2. The van der Waals surface area contributed by atoms with Crippen LogP contribution < -0.4 is 10.6 Å². The summed E-state index contributed by atoms with van der Waals surface area (Å²) in [5, 5.41) is 24.0. The van der Waals surface area contributed by atoms with E-state index in [1.807, 2.05) is 45.9 Å². The molecular formula is C23H26N6O4S. The number of thioether (sulfide) groups is 1. The third-order valence-corrected chi connectivity index (χ3v) is 6.02. The lowest BCUT2D eigenvalue weighted by molar-refractivity contribution is -0.384. The maximum atomic E-state index is 12.7. The van der Waals surface area contributed by atoms with Gasteiger partial charge in [-0.1, -0.05) is 37.7 Å². The van der Waals surface area contributed by atoms with Gasteiger partial charge < -0.3 is 10.6 Å². The zero-order valence-electron chi connectivity index (χ0n) is 19.3. The van der Waals surface area contributed by atoms with Crippen molar-refractivity contribution < 1.29 is 14.5 Å². The van der Waals surface area contributed by atoms with Crippen LogP contribution in [0.5, 0.6) is 0 Å². The molecule has 11 heteroatoms. The molecule has 3 aromatic rings. The SMILES string of the molecule is Cc1ccc(NC(=O)CSc2n[nH]c([C@@H](NC(=O)c3cccc([N+](=O)[O-])c3)C(C)C)n2)cc1C. The third-order valence-electron chi connectivity index (χ3n) is 5.17. The lowest BCUT2D eigenvalue weighted by Crippen LogP contribution is -2.32. The van der Waals surface area contributed by atoms with Gasteiger partial charge in [-0.3, -0.25) is 24.8 Å². The number of rotatable bonds is 9. The van der Waals surface area contributed by atoms with E-state index in [1.54, 1.807) is 0 Å². The number of aromatic amines is 1. The van der Waals surface area contributed by atoms with E-state index < -0.39 is 16.9 Å². The number of H-pyrrole nitrogens is 1. The van der Waals surface area contributed by atoms with Crippen LogP contribution in [0.15, 0.2) is 47.6 Å². The van der Waals surface area contributed by atoms with Crippen LogP contribution >= 0.6 is 11.8 Å². The first kappa shape index (κ1) is 24.9. The molecule has 1 heterocycles. The number of carbonyl (C=O) groups is 2. The average molecular weight is 483 g/mol. The molecule has 3 N–H and O–H groups in total. The van der Waals surface area contributed by atoms with Gasteiger partial charge in [-0.25, -0.2) is 4.98 Å². The van der Waals surface area contributed by atoms with Crippen LogP contribution in [0.1, 0.15) is 47.2 Å². The number of nitro groups is 1. The van der Waals surface area contributed by atoms with Crippen molar-refractivity contribution >= 4 is 35.0 Å². The molecule has 10 nitrogen and oxygen atoms in total. The third kappa shape index (κ3) is 6.41. The zero-order chi connectivity index (χ0) is 24.8. The summed E-state index contributed by atoms with van der Waals surface area (Å²) in [5.74, 6) is -0.122. The van der Waals surface area contributed by atoms with Crippen molar-refractivity contribution in [2.75, 3.05) is 11.1 Å². The van der Waals surface area contributed by atoms with Crippen molar-refractivity contribution in [1.29, 1.82) is 0 Å². The smallest absolute Gasteiger partial charge is 0.270 e. The number of non-ortho nitro benzene ring substituents is 1. The Bertz CT molecular complexity index is 1210. The number of aryl methyl sites for hydroxylation is 2. The van der Waals surface area contributed by atoms with Crippen molar-refractivity contribution in [1.82, 2.24) is 20.5 Å². The number of nitrogens with zero attached hydrogens (tertiary/aromatic N) is 3. The molecule has 1 aromatic heterocycles. The molecule has 0 saturated heterocycles. The molecule has 0 bridgehead atoms. The second kappa shape index (κ2) is 10.9. The number of hydrogen-bond donors (Lipinski definition) is 3. The monoisotopic (exact) mass is 482 g/mol. The Labute approximate surface area is 201 Å². The Morgan fingerprint density at radius 1 is 1.15 bits per heavy atom. The first-order chi connectivity index (χ1) is 16.1. The summed E-state index contributed by atoms with van der Waals surface area (Å²) >= 11 is 1.17. The maximum absolute atomic E-state index is 12.7. The molecule has 2 aromatic carbocycles. The fourth-order valence-corrected chi connectivity index (χ4v) is 3.75. The van der Waals surface area contributed by atoms with E-state index >= 15 is 0 Å². The van der Waals surface area contributed by atoms with Gasteiger partial charge in [-0.2, -0.15) is 0 Å². The standard InChI is InChI=1S/C23H26N6O4S/c1-13(2)20(25-22(31)16-6-5-7-18(11-16)29(32)33)21-26-23(28-27-21)34-12-19(30)24-17-9-8-14(3)15(4)10-17/h5-11,13,20H,12H2,1-4H3,(H,24,30)(H,25,31)(H,26,27,28)/t20-/m0/s1. The number of aromatic nitrogens is 3. The van der Waals surface area contributed by atoms with Crippen LogP contribution in [0.2, 0.25) is 0 Å². The minimum Gasteiger partial charge on any atom is -0.342 e. The van der Waals surface area contributed by atoms with Gasteiger partial charge in [0.15, 0.2) is 0 Å². The molecule has 0 fully saturated rings. The predicted octanol–water partition coefficient (Wildman–Crippen LogP) is 4.19. The molecule has 0 aliphatic carbocycles. The summed E-state index contributed by atoms with van der Waals surface area (Å²) in [7, 11) is 0. The molecule has 178 valence electrons. The van der Waals surface area contributed by atoms with E-state index in [0.717, 1.165) is 16.8 Å². The summed E-state index contributed by atoms with van der Waals surface area (Å²) in [6.07, 6.45) is 0. The summed E-state index contributed by atoms with van der Waals surface area (Å²) < 4.78 is 0. The lowest BCUT2D eigenvalue weighted by Gasteiger charge is -2.19. The maximum Gasteiger partial charge on any atom is 0.270 e. The first-order valence-corrected chi connectivity index (χ1v) is 11.6. The van der Waals surface area contributed by atoms with E-state index in [9.17, 15) is 19.7 Å². The average Bonchev–Trinajstić information content (AvgIpc) is 3.27. The Balaban J connectivity index is 1.62. The Morgan fingerprint density at radius 3 is 2.59 bits per heavy atom. The molecule has 0 radical (unpaired) electrons. The molecule has 0 unspecified atom stereocenters. The number of benzene rings is 2. The molecule has 0 saturated carbocycles. The fraction of sp³-hybridized carbons (Fsp3) is 0.304. The van der Waals surface area contributed by atoms with Gasteiger partial charge in [0.1, 0.15) is 5.82 Å². The molecule has 1 atom stereocenters. The summed E-state index contributed by atoms with van der Waals surface area (Å²) in [6.45, 7) is 7.81. The largest absolute Gasteiger partial charge is 0.342 e. The van der Waals surface area contributed by atoms with E-state index in [4.69, 9.17) is 0 Å². The van der Waals surface area contributed by atoms with Gasteiger partial charge in [0.25, 0.3) is 11.6 Å². The highest BCUT2D eigenvalue weighted by atomic mass is 32.2. The molecule has 0 aliphatic rings. The van der Waals surface area contributed by atoms with E-state index in [-0.39, 0.29) is 28.8 Å². The number of anilines is 1. The molecule has 2 amide bonds. The van der Waals surface area contributed by atoms with Gasteiger partial charge in [0, 0.05) is 23.4 Å². The minimum absolute atomic E-state index is 0.0403. The highest BCUT2D eigenvalue weighted by Gasteiger charge is 2.24. The quantitative estimate of drug-likeness (QED) is 0.236. The van der Waals surface area contributed by atoms with Gasteiger partial charge >= 0.3 is 0 Å². The highest BCUT2D eigenvalue weighted by molar-refractivity contribution is 7.99. The summed E-state index contributed by atoms with van der Waals surface area (Å²) in [4.78, 5) is 39.9. The lowest BCUT2D eigenvalue weighted by atomic mass is 10.0. The van der Waals surface area contributed by atoms with Gasteiger partial charge in [-0.15, -0.1) is 5.10 Å². The first-order valence-electron chi connectivity index (χ1n) is 10.6. The van der Waals surface area contributed by atoms with E-state index in [1.165, 1.54) is 36.0 Å². The summed E-state index contributed by atoms with van der Waals surface area (Å²) in [6, 6.07) is 10.7. The second-order valence-electron chi connectivity index (χ2n) is 8.14. The van der Waals surface area contributed by atoms with Gasteiger partial charge in [0.2, 0.25) is 11.1 Å². The normalized spacial score (nSPS) is 11.8. The second-order valence-corrected chi connectivity index (χ2v) is 9.08. The van der Waals surface area contributed by atoms with Gasteiger partial charge in [0.05, 0.1) is 16.7 Å². The number of nitro benzene ring substituents is 1. The predicted molar refractivity (Wildman–Crippen MR) is 130 cm³/mol. The van der Waals surface area contributed by atoms with Crippen molar-refractivity contribution in [2.24, 2.45) is 5.92 Å². The van der Waals surface area contributed by atoms with Crippen LogP contribution in [-0.4, -0.2) is 37.7 Å². The molecule has 34 heavy (non-hydrogen) atoms. The van der Waals surface area contributed by atoms with Crippen molar-refractivity contribution in [2.45, 2.75) is 38.9 Å². The minimum atomic E-state index is -0.549. The van der Waals surface area contributed by atoms with Crippen LogP contribution in [0.25, 0.3) is 0 Å². The van der Waals surface area contributed by atoms with Crippen LogP contribution in [0.3, 0.4) is 0 Å². The van der Waals surface area contributed by atoms with Crippen LogP contribution in [-0.2, 0) is 4.79 Å². The van der Waals surface area contributed by atoms with Crippen LogP contribution in [0.4, 0.5) is 11.4 Å². The van der Waals surface area contributed by atoms with E-state index in [2.05, 4.69) is 25.8 Å². The fourth-order valence-electron chi connectivity index (χ4n) is 3.14. The molecular weight excluding hydrogens is 456 g/mol. The topological polar surface area (TPSA) is 143 Å². The Hall–Kier alpha value is -3.73. The summed E-state index contributed by atoms with van der Waals surface area (Å²) in [5.41, 5.74) is 2.99. The van der Waals surface area contributed by atoms with Crippen molar-refractivity contribution in [3.8, 4) is 0 Å². The Morgan fingerprint density at radius 2 is 1.91 bits per heavy atom. The van der Waals surface area contributed by atoms with Crippen LogP contribution in [0, 0.1) is 29.9 Å². The number of nitrogens with one attached hydrogen (secondary N) is 3. The van der Waals surface area contributed by atoms with E-state index in [0.29, 0.717) is 11.0 Å². The van der Waals surface area contributed by atoms with Crippen molar-refractivity contribution in [3.63, 3.8) is 0 Å². The highest BCUT2D eigenvalue weighted by Crippen LogP contribution is 2.23. The van der Waals surface area contributed by atoms with Crippen molar-refractivity contribution in [3.05, 3.63) is 75.1 Å². The zero-order valence-corrected chi connectivity index (χ0v) is 20.1. The van der Waals surface area contributed by atoms with Gasteiger partial charge in [-0.05, 0) is 49.1 Å². The molecule has 3 rings (SSSR count). The molecule has 0 aliphatic heterocycles. The number of amides is 2.